The minimum absolute atomic E-state index is 0.569. The third-order valence-electron chi connectivity index (χ3n) is 1.91. The molecule has 0 N–H and O–H groups in total. The summed E-state index contributed by atoms with van der Waals surface area (Å²) in [6.45, 7) is 3.94. The lowest BCUT2D eigenvalue weighted by Gasteiger charge is -1.96. The summed E-state index contributed by atoms with van der Waals surface area (Å²) in [6, 6.07) is 0. The lowest BCUT2D eigenvalue weighted by molar-refractivity contribution is 0.289. The lowest BCUT2D eigenvalue weighted by atomic mass is 10.1. The SMILES string of the molecule is [CH2]C1CCC2OC12. The zero-order chi connectivity index (χ0) is 4.85. The molecule has 2 rings (SSSR count). The van der Waals surface area contributed by atoms with E-state index >= 15 is 0 Å². The quantitative estimate of drug-likeness (QED) is 0.411. The number of fused-ring (bicyclic) bond motifs is 1. The van der Waals surface area contributed by atoms with Crippen molar-refractivity contribution in [1.29, 1.82) is 0 Å². The number of hydrogen-bond donors (Lipinski definition) is 0. The summed E-state index contributed by atoms with van der Waals surface area (Å²) in [5, 5.41) is 0. The van der Waals surface area contributed by atoms with Gasteiger partial charge in [0.25, 0.3) is 0 Å². The van der Waals surface area contributed by atoms with Crippen LogP contribution < -0.4 is 0 Å². The number of hydrogen-bond acceptors (Lipinski definition) is 1. The molecular weight excluding hydrogens is 88.1 g/mol. The van der Waals surface area contributed by atoms with Gasteiger partial charge in [-0.3, -0.25) is 0 Å². The molecule has 39 valence electrons. The van der Waals surface area contributed by atoms with Crippen LogP contribution in [0.3, 0.4) is 0 Å². The molecule has 0 amide bonds. The van der Waals surface area contributed by atoms with Gasteiger partial charge in [-0.2, -0.15) is 0 Å². The molecular formula is C6H9O. The molecule has 0 aromatic heterocycles. The van der Waals surface area contributed by atoms with E-state index in [2.05, 4.69) is 6.92 Å². The maximum absolute atomic E-state index is 5.20. The summed E-state index contributed by atoms with van der Waals surface area (Å²) in [6.07, 6.45) is 3.75. The number of rotatable bonds is 0. The predicted octanol–water partition coefficient (Wildman–Crippen LogP) is 0.998. The zero-order valence-electron chi connectivity index (χ0n) is 4.26. The predicted molar refractivity (Wildman–Crippen MR) is 26.7 cm³/mol. The van der Waals surface area contributed by atoms with Crippen LogP contribution in [0.25, 0.3) is 0 Å². The molecule has 0 aromatic carbocycles. The summed E-state index contributed by atoms with van der Waals surface area (Å²) >= 11 is 0. The van der Waals surface area contributed by atoms with Crippen molar-refractivity contribution in [3.63, 3.8) is 0 Å². The van der Waals surface area contributed by atoms with Crippen LogP contribution in [0.1, 0.15) is 12.8 Å². The van der Waals surface area contributed by atoms with E-state index in [-0.39, 0.29) is 0 Å². The molecule has 0 bridgehead atoms. The molecule has 0 spiro atoms. The van der Waals surface area contributed by atoms with Gasteiger partial charge in [0, 0.05) is 0 Å². The Kier molecular flexibility index (Phi) is 0.571. The highest BCUT2D eigenvalue weighted by molar-refractivity contribution is 4.98. The Hall–Kier alpha value is -0.0400. The van der Waals surface area contributed by atoms with E-state index in [9.17, 15) is 0 Å². The Morgan fingerprint density at radius 2 is 2.29 bits per heavy atom. The molecule has 3 unspecified atom stereocenters. The standard InChI is InChI=1S/C6H9O/c1-4-2-3-5-6(4)7-5/h4-6H,1-3H2. The molecule has 2 aliphatic rings. The topological polar surface area (TPSA) is 12.5 Å². The highest BCUT2D eigenvalue weighted by Gasteiger charge is 2.47. The van der Waals surface area contributed by atoms with Gasteiger partial charge in [0.2, 0.25) is 0 Å². The summed E-state index contributed by atoms with van der Waals surface area (Å²) in [5.74, 6) is 0.616. The Balaban J connectivity index is 2.08. The molecule has 1 radical (unpaired) electrons. The third-order valence-corrected chi connectivity index (χ3v) is 1.91. The first-order chi connectivity index (χ1) is 3.38. The van der Waals surface area contributed by atoms with Crippen molar-refractivity contribution in [3.8, 4) is 0 Å². The van der Waals surface area contributed by atoms with E-state index in [1.54, 1.807) is 0 Å². The number of ether oxygens (including phenoxy) is 1. The maximum atomic E-state index is 5.20. The van der Waals surface area contributed by atoms with Gasteiger partial charge in [0.05, 0.1) is 12.2 Å². The molecule has 1 nitrogen and oxygen atoms in total. The van der Waals surface area contributed by atoms with Crippen molar-refractivity contribution >= 4 is 0 Å². The first-order valence-electron chi connectivity index (χ1n) is 2.86. The first-order valence-corrected chi connectivity index (χ1v) is 2.86. The van der Waals surface area contributed by atoms with E-state index in [1.165, 1.54) is 12.8 Å². The fourth-order valence-corrected chi connectivity index (χ4v) is 1.35. The average Bonchev–Trinajstić information content (AvgIpc) is 2.33. The van der Waals surface area contributed by atoms with Crippen molar-refractivity contribution in [3.05, 3.63) is 6.92 Å². The minimum Gasteiger partial charge on any atom is -0.369 e. The van der Waals surface area contributed by atoms with Gasteiger partial charge in [0.1, 0.15) is 0 Å². The van der Waals surface area contributed by atoms with Crippen LogP contribution in [0, 0.1) is 12.8 Å². The van der Waals surface area contributed by atoms with Gasteiger partial charge >= 0.3 is 0 Å². The summed E-state index contributed by atoms with van der Waals surface area (Å²) in [5.41, 5.74) is 0. The van der Waals surface area contributed by atoms with Crippen LogP contribution in [0.2, 0.25) is 0 Å². The molecule has 3 atom stereocenters. The van der Waals surface area contributed by atoms with E-state index in [0.717, 1.165) is 0 Å². The fraction of sp³-hybridized carbons (Fsp3) is 0.833. The lowest BCUT2D eigenvalue weighted by Crippen LogP contribution is -1.95. The summed E-state index contributed by atoms with van der Waals surface area (Å²) in [7, 11) is 0. The summed E-state index contributed by atoms with van der Waals surface area (Å²) < 4.78 is 5.20. The van der Waals surface area contributed by atoms with Gasteiger partial charge in [-0.15, -0.1) is 0 Å². The molecule has 2 fully saturated rings. The number of epoxide rings is 1. The second-order valence-corrected chi connectivity index (χ2v) is 2.48. The van der Waals surface area contributed by atoms with Gasteiger partial charge in [0.15, 0.2) is 0 Å². The van der Waals surface area contributed by atoms with Crippen molar-refractivity contribution in [1.82, 2.24) is 0 Å². The van der Waals surface area contributed by atoms with Gasteiger partial charge < -0.3 is 4.74 Å². The normalized spacial score (nSPS) is 57.0. The summed E-state index contributed by atoms with van der Waals surface area (Å²) in [4.78, 5) is 0. The molecule has 1 heteroatoms. The van der Waals surface area contributed by atoms with E-state index in [0.29, 0.717) is 18.1 Å². The van der Waals surface area contributed by atoms with Crippen LogP contribution in [0.15, 0.2) is 0 Å². The van der Waals surface area contributed by atoms with E-state index in [1.807, 2.05) is 0 Å². The van der Waals surface area contributed by atoms with Crippen LogP contribution in [0.5, 0.6) is 0 Å². The second kappa shape index (κ2) is 1.03. The van der Waals surface area contributed by atoms with Crippen molar-refractivity contribution in [2.45, 2.75) is 25.0 Å². The van der Waals surface area contributed by atoms with Crippen molar-refractivity contribution in [2.75, 3.05) is 0 Å². The molecule has 1 aliphatic carbocycles. The van der Waals surface area contributed by atoms with Gasteiger partial charge in [-0.1, -0.05) is 0 Å². The highest BCUT2D eigenvalue weighted by Crippen LogP contribution is 2.42. The van der Waals surface area contributed by atoms with Crippen molar-refractivity contribution < 1.29 is 4.74 Å². The third kappa shape index (κ3) is 0.418. The van der Waals surface area contributed by atoms with Crippen LogP contribution in [-0.4, -0.2) is 12.2 Å². The Bertz CT molecular complexity index is 90.2. The van der Waals surface area contributed by atoms with Gasteiger partial charge in [-0.25, -0.2) is 0 Å². The molecule has 0 aromatic rings. The maximum Gasteiger partial charge on any atom is 0.0869 e. The van der Waals surface area contributed by atoms with Crippen LogP contribution in [0.4, 0.5) is 0 Å². The minimum atomic E-state index is 0.569. The van der Waals surface area contributed by atoms with E-state index < -0.39 is 0 Å². The average molecular weight is 97.1 g/mol. The zero-order valence-corrected chi connectivity index (χ0v) is 4.26. The monoisotopic (exact) mass is 97.1 g/mol. The molecule has 7 heavy (non-hydrogen) atoms. The molecule has 1 aliphatic heterocycles. The molecule has 1 heterocycles. The van der Waals surface area contributed by atoms with Crippen LogP contribution >= 0.6 is 0 Å². The van der Waals surface area contributed by atoms with Gasteiger partial charge in [-0.05, 0) is 25.7 Å². The second-order valence-electron chi connectivity index (χ2n) is 2.48. The van der Waals surface area contributed by atoms with Crippen LogP contribution in [-0.2, 0) is 4.74 Å². The highest BCUT2D eigenvalue weighted by atomic mass is 16.6. The largest absolute Gasteiger partial charge is 0.369 e. The van der Waals surface area contributed by atoms with E-state index in [4.69, 9.17) is 4.74 Å². The van der Waals surface area contributed by atoms with Crippen molar-refractivity contribution in [2.24, 2.45) is 5.92 Å². The Labute approximate surface area is 43.7 Å². The first kappa shape index (κ1) is 3.90. The fourth-order valence-electron chi connectivity index (χ4n) is 1.35. The smallest absolute Gasteiger partial charge is 0.0869 e. The Morgan fingerprint density at radius 1 is 1.43 bits per heavy atom. The molecule has 1 saturated heterocycles. The molecule has 1 saturated carbocycles. The Morgan fingerprint density at radius 3 is 2.43 bits per heavy atom.